The fourth-order valence-corrected chi connectivity index (χ4v) is 3.54. The summed E-state index contributed by atoms with van der Waals surface area (Å²) >= 11 is 1.70. The molecule has 1 unspecified atom stereocenters. The summed E-state index contributed by atoms with van der Waals surface area (Å²) in [6.07, 6.45) is 1.97. The number of aryl methyl sites for hydroxylation is 2. The van der Waals surface area contributed by atoms with Gasteiger partial charge in [0.15, 0.2) is 5.96 Å². The Morgan fingerprint density at radius 1 is 1.18 bits per heavy atom. The Bertz CT molecular complexity index is 712. The zero-order chi connectivity index (χ0) is 19.6. The van der Waals surface area contributed by atoms with Crippen LogP contribution >= 0.6 is 35.3 Å². The molecule has 0 aliphatic heterocycles. The predicted molar refractivity (Wildman–Crippen MR) is 132 cm³/mol. The topological polar surface area (TPSA) is 52.6 Å². The minimum atomic E-state index is 0. The van der Waals surface area contributed by atoms with Crippen molar-refractivity contribution in [1.29, 1.82) is 0 Å². The Hall–Kier alpha value is -1.19. The lowest BCUT2D eigenvalue weighted by Gasteiger charge is -2.24. The number of hydrogen-bond donors (Lipinski definition) is 2. The molecule has 156 valence electrons. The molecule has 0 aliphatic rings. The Labute approximate surface area is 191 Å². The lowest BCUT2D eigenvalue weighted by molar-refractivity contribution is 0.306. The van der Waals surface area contributed by atoms with Gasteiger partial charge in [0, 0.05) is 24.9 Å². The SMILES string of the molecule is CCNC(=NCC(c1ccc(CC)cc1)N(C)C)NCCc1csc(C)n1.I. The van der Waals surface area contributed by atoms with Crippen LogP contribution < -0.4 is 10.6 Å². The van der Waals surface area contributed by atoms with Gasteiger partial charge in [-0.05, 0) is 45.5 Å². The van der Waals surface area contributed by atoms with Crippen molar-refractivity contribution in [3.63, 3.8) is 0 Å². The van der Waals surface area contributed by atoms with Crippen LogP contribution in [0.1, 0.15) is 41.7 Å². The van der Waals surface area contributed by atoms with Gasteiger partial charge in [0.2, 0.25) is 0 Å². The molecule has 0 saturated carbocycles. The number of halogens is 1. The van der Waals surface area contributed by atoms with E-state index in [2.05, 4.69) is 78.1 Å². The normalized spacial score (nSPS) is 12.6. The van der Waals surface area contributed by atoms with E-state index < -0.39 is 0 Å². The summed E-state index contributed by atoms with van der Waals surface area (Å²) in [5.74, 6) is 0.862. The van der Waals surface area contributed by atoms with Crippen LogP contribution in [0, 0.1) is 6.92 Å². The van der Waals surface area contributed by atoms with Crippen LogP contribution in [-0.4, -0.2) is 49.6 Å². The van der Waals surface area contributed by atoms with Gasteiger partial charge in [0.05, 0.1) is 23.3 Å². The van der Waals surface area contributed by atoms with Crippen LogP contribution in [0.2, 0.25) is 0 Å². The van der Waals surface area contributed by atoms with E-state index in [0.717, 1.165) is 42.6 Å². The zero-order valence-electron chi connectivity index (χ0n) is 17.7. The van der Waals surface area contributed by atoms with Gasteiger partial charge in [0.25, 0.3) is 0 Å². The molecule has 1 aromatic carbocycles. The highest BCUT2D eigenvalue weighted by Crippen LogP contribution is 2.19. The van der Waals surface area contributed by atoms with Gasteiger partial charge in [-0.3, -0.25) is 4.99 Å². The van der Waals surface area contributed by atoms with Crippen LogP contribution in [0.5, 0.6) is 0 Å². The van der Waals surface area contributed by atoms with E-state index in [-0.39, 0.29) is 30.0 Å². The lowest BCUT2D eigenvalue weighted by atomic mass is 10.0. The van der Waals surface area contributed by atoms with E-state index in [1.54, 1.807) is 11.3 Å². The maximum absolute atomic E-state index is 4.83. The average Bonchev–Trinajstić information content (AvgIpc) is 3.07. The number of thiazole rings is 1. The third kappa shape index (κ3) is 8.05. The van der Waals surface area contributed by atoms with E-state index >= 15 is 0 Å². The molecule has 0 amide bonds. The number of likely N-dealkylation sites (N-methyl/N-ethyl adjacent to an activating group) is 1. The molecule has 0 fully saturated rings. The lowest BCUT2D eigenvalue weighted by Crippen LogP contribution is -2.39. The van der Waals surface area contributed by atoms with Gasteiger partial charge in [-0.25, -0.2) is 4.98 Å². The summed E-state index contributed by atoms with van der Waals surface area (Å²) in [4.78, 5) is 11.6. The summed E-state index contributed by atoms with van der Waals surface area (Å²) < 4.78 is 0. The highest BCUT2D eigenvalue weighted by atomic mass is 127. The van der Waals surface area contributed by atoms with Crippen LogP contribution in [0.25, 0.3) is 0 Å². The molecule has 0 saturated heterocycles. The highest BCUT2D eigenvalue weighted by molar-refractivity contribution is 14.0. The van der Waals surface area contributed by atoms with Crippen molar-refractivity contribution in [2.75, 3.05) is 33.7 Å². The molecule has 1 atom stereocenters. The Morgan fingerprint density at radius 3 is 2.43 bits per heavy atom. The molecule has 0 spiro atoms. The van der Waals surface area contributed by atoms with Gasteiger partial charge in [-0.2, -0.15) is 0 Å². The van der Waals surface area contributed by atoms with Crippen LogP contribution in [0.4, 0.5) is 0 Å². The molecule has 28 heavy (non-hydrogen) atoms. The maximum Gasteiger partial charge on any atom is 0.191 e. The molecule has 2 N–H and O–H groups in total. The van der Waals surface area contributed by atoms with E-state index in [9.17, 15) is 0 Å². The van der Waals surface area contributed by atoms with Crippen molar-refractivity contribution >= 4 is 41.3 Å². The number of aromatic nitrogens is 1. The van der Waals surface area contributed by atoms with Crippen molar-refractivity contribution in [2.45, 2.75) is 39.7 Å². The second-order valence-electron chi connectivity index (χ2n) is 6.83. The van der Waals surface area contributed by atoms with E-state index in [0.29, 0.717) is 6.54 Å². The zero-order valence-corrected chi connectivity index (χ0v) is 20.8. The third-order valence-corrected chi connectivity index (χ3v) is 5.33. The number of aliphatic imine (C=N–C) groups is 1. The number of guanidine groups is 1. The number of nitrogens with one attached hydrogen (secondary N) is 2. The largest absolute Gasteiger partial charge is 0.357 e. The quantitative estimate of drug-likeness (QED) is 0.301. The Kier molecular flexibility index (Phi) is 11.6. The minimum Gasteiger partial charge on any atom is -0.357 e. The first kappa shape index (κ1) is 24.8. The second kappa shape index (κ2) is 13.1. The van der Waals surface area contributed by atoms with Gasteiger partial charge < -0.3 is 15.5 Å². The van der Waals surface area contributed by atoms with Crippen molar-refractivity contribution in [3.8, 4) is 0 Å². The van der Waals surface area contributed by atoms with Gasteiger partial charge in [0.1, 0.15) is 0 Å². The van der Waals surface area contributed by atoms with E-state index in [1.807, 2.05) is 6.92 Å². The molecule has 1 aromatic heterocycles. The molecule has 0 aliphatic carbocycles. The van der Waals surface area contributed by atoms with Crippen LogP contribution in [0.15, 0.2) is 34.6 Å². The molecule has 2 aromatic rings. The number of nitrogens with zero attached hydrogens (tertiary/aromatic N) is 3. The molecule has 1 heterocycles. The van der Waals surface area contributed by atoms with Crippen molar-refractivity contribution < 1.29 is 0 Å². The smallest absolute Gasteiger partial charge is 0.191 e. The fourth-order valence-electron chi connectivity index (χ4n) is 2.89. The predicted octanol–water partition coefficient (Wildman–Crippen LogP) is 4.03. The number of rotatable bonds is 9. The summed E-state index contributed by atoms with van der Waals surface area (Å²) in [5.41, 5.74) is 3.81. The molecular formula is C21H34IN5S. The van der Waals surface area contributed by atoms with Crippen molar-refractivity contribution in [3.05, 3.63) is 51.5 Å². The molecule has 0 bridgehead atoms. The molecule has 2 rings (SSSR count). The van der Waals surface area contributed by atoms with Crippen LogP contribution in [0.3, 0.4) is 0 Å². The molecule has 7 heteroatoms. The Balaban J connectivity index is 0.00000392. The summed E-state index contributed by atoms with van der Waals surface area (Å²) in [5, 5.41) is 10.0. The fraction of sp³-hybridized carbons (Fsp3) is 0.524. The molecule has 0 radical (unpaired) electrons. The first-order valence-corrected chi connectivity index (χ1v) is 10.6. The van der Waals surface area contributed by atoms with Crippen molar-refractivity contribution in [2.24, 2.45) is 4.99 Å². The maximum atomic E-state index is 4.83. The van der Waals surface area contributed by atoms with Crippen molar-refractivity contribution in [1.82, 2.24) is 20.5 Å². The molecular weight excluding hydrogens is 481 g/mol. The molecule has 5 nitrogen and oxygen atoms in total. The average molecular weight is 516 g/mol. The summed E-state index contributed by atoms with van der Waals surface area (Å²) in [7, 11) is 4.22. The third-order valence-electron chi connectivity index (χ3n) is 4.50. The van der Waals surface area contributed by atoms with E-state index in [4.69, 9.17) is 4.99 Å². The monoisotopic (exact) mass is 515 g/mol. The second-order valence-corrected chi connectivity index (χ2v) is 7.89. The highest BCUT2D eigenvalue weighted by Gasteiger charge is 2.14. The van der Waals surface area contributed by atoms with Crippen LogP contribution in [-0.2, 0) is 12.8 Å². The first-order chi connectivity index (χ1) is 13.0. The standard InChI is InChI=1S/C21H33N5S.HI/c1-6-17-8-10-18(11-9-17)20(26(4)5)14-24-21(22-7-2)23-13-12-19-15-27-16(3)25-19;/h8-11,15,20H,6-7,12-14H2,1-5H3,(H2,22,23,24);1H. The first-order valence-electron chi connectivity index (χ1n) is 9.71. The Morgan fingerprint density at radius 2 is 1.89 bits per heavy atom. The minimum absolute atomic E-state index is 0. The van der Waals surface area contributed by atoms with Gasteiger partial charge in [-0.1, -0.05) is 31.2 Å². The van der Waals surface area contributed by atoms with Gasteiger partial charge in [-0.15, -0.1) is 35.3 Å². The number of benzene rings is 1. The van der Waals surface area contributed by atoms with Gasteiger partial charge >= 0.3 is 0 Å². The van der Waals surface area contributed by atoms with E-state index in [1.165, 1.54) is 11.1 Å². The summed E-state index contributed by atoms with van der Waals surface area (Å²) in [6, 6.07) is 9.14. The number of hydrogen-bond acceptors (Lipinski definition) is 4. The summed E-state index contributed by atoms with van der Waals surface area (Å²) in [6.45, 7) is 8.70.